The van der Waals surface area contributed by atoms with Crippen LogP contribution in [0.25, 0.3) is 0 Å². The second kappa shape index (κ2) is 9.57. The number of sulfonamides is 1. The molecule has 0 saturated heterocycles. The number of ether oxygens (including phenoxy) is 1. The summed E-state index contributed by atoms with van der Waals surface area (Å²) in [5.41, 5.74) is 1.64. The summed E-state index contributed by atoms with van der Waals surface area (Å²) in [5.74, 6) is -0.455. The first-order chi connectivity index (χ1) is 14.1. The molecule has 0 saturated carbocycles. The smallest absolute Gasteiger partial charge is 0.271 e. The SMILES string of the molecule is CCc1ccc(C(C)NC(=O)CN(c2cc([N+](=O)[O-])ccc2OC)S(C)(=O)=O)cc1. The van der Waals surface area contributed by atoms with Gasteiger partial charge in [-0.05, 0) is 30.5 Å². The molecule has 2 aromatic rings. The van der Waals surface area contributed by atoms with Crippen molar-refractivity contribution >= 4 is 27.3 Å². The van der Waals surface area contributed by atoms with Crippen molar-refractivity contribution in [3.8, 4) is 5.75 Å². The number of anilines is 1. The highest BCUT2D eigenvalue weighted by Gasteiger charge is 2.26. The molecule has 0 bridgehead atoms. The zero-order chi connectivity index (χ0) is 22.5. The van der Waals surface area contributed by atoms with E-state index in [0.717, 1.165) is 28.6 Å². The number of methoxy groups -OCH3 is 1. The summed E-state index contributed by atoms with van der Waals surface area (Å²) in [5, 5.41) is 13.9. The van der Waals surface area contributed by atoms with Crippen molar-refractivity contribution < 1.29 is 22.9 Å². The Morgan fingerprint density at radius 1 is 1.23 bits per heavy atom. The molecule has 162 valence electrons. The van der Waals surface area contributed by atoms with Gasteiger partial charge < -0.3 is 10.1 Å². The van der Waals surface area contributed by atoms with Crippen LogP contribution in [0, 0.1) is 10.1 Å². The van der Waals surface area contributed by atoms with Crippen LogP contribution in [0.2, 0.25) is 0 Å². The number of aryl methyl sites for hydroxylation is 1. The quantitative estimate of drug-likeness (QED) is 0.478. The van der Waals surface area contributed by atoms with Crippen LogP contribution in [0.1, 0.15) is 31.0 Å². The van der Waals surface area contributed by atoms with E-state index in [2.05, 4.69) is 5.32 Å². The highest BCUT2D eigenvalue weighted by molar-refractivity contribution is 7.92. The Hall–Kier alpha value is -3.14. The van der Waals surface area contributed by atoms with Gasteiger partial charge >= 0.3 is 0 Å². The van der Waals surface area contributed by atoms with Gasteiger partial charge in [0.1, 0.15) is 18.0 Å². The van der Waals surface area contributed by atoms with Gasteiger partial charge in [0.2, 0.25) is 15.9 Å². The monoisotopic (exact) mass is 435 g/mol. The molecule has 1 unspecified atom stereocenters. The summed E-state index contributed by atoms with van der Waals surface area (Å²) in [4.78, 5) is 23.1. The molecule has 2 rings (SSSR count). The first kappa shape index (κ1) is 23.1. The molecule has 0 fully saturated rings. The number of amides is 1. The van der Waals surface area contributed by atoms with Gasteiger partial charge in [0.25, 0.3) is 5.69 Å². The molecule has 0 aromatic heterocycles. The second-order valence-corrected chi connectivity index (χ2v) is 8.67. The Morgan fingerprint density at radius 3 is 2.37 bits per heavy atom. The van der Waals surface area contributed by atoms with Crippen molar-refractivity contribution in [3.63, 3.8) is 0 Å². The lowest BCUT2D eigenvalue weighted by Gasteiger charge is -2.24. The minimum absolute atomic E-state index is 0.0794. The Labute approximate surface area is 175 Å². The summed E-state index contributed by atoms with van der Waals surface area (Å²) in [6.07, 6.45) is 1.82. The van der Waals surface area contributed by atoms with E-state index >= 15 is 0 Å². The zero-order valence-corrected chi connectivity index (χ0v) is 18.1. The van der Waals surface area contributed by atoms with E-state index < -0.39 is 27.4 Å². The van der Waals surface area contributed by atoms with E-state index in [4.69, 9.17) is 4.74 Å². The van der Waals surface area contributed by atoms with Crippen LogP contribution < -0.4 is 14.4 Å². The fourth-order valence-corrected chi connectivity index (χ4v) is 3.76. The van der Waals surface area contributed by atoms with Crippen molar-refractivity contribution in [2.75, 3.05) is 24.2 Å². The molecule has 0 aliphatic carbocycles. The maximum absolute atomic E-state index is 12.6. The highest BCUT2D eigenvalue weighted by Crippen LogP contribution is 2.33. The number of non-ortho nitro benzene ring substituents is 1. The largest absolute Gasteiger partial charge is 0.495 e. The first-order valence-corrected chi connectivity index (χ1v) is 11.1. The third kappa shape index (κ3) is 5.69. The lowest BCUT2D eigenvalue weighted by Crippen LogP contribution is -2.41. The number of hydrogen-bond acceptors (Lipinski definition) is 6. The summed E-state index contributed by atoms with van der Waals surface area (Å²) < 4.78 is 30.7. The van der Waals surface area contributed by atoms with Crippen LogP contribution in [0.4, 0.5) is 11.4 Å². The van der Waals surface area contributed by atoms with Gasteiger partial charge in [-0.1, -0.05) is 31.2 Å². The number of nitrogens with zero attached hydrogens (tertiary/aromatic N) is 2. The van der Waals surface area contributed by atoms with Gasteiger partial charge in [0.15, 0.2) is 0 Å². The van der Waals surface area contributed by atoms with Crippen LogP contribution >= 0.6 is 0 Å². The molecule has 0 spiro atoms. The standard InChI is InChI=1S/C20H25N3O6S/c1-5-15-6-8-16(9-7-15)14(2)21-20(24)13-22(30(4,27)28)18-12-17(23(25)26)10-11-19(18)29-3/h6-12,14H,5,13H2,1-4H3,(H,21,24). The Kier molecular flexibility index (Phi) is 7.38. The Morgan fingerprint density at radius 2 is 1.87 bits per heavy atom. The Balaban J connectivity index is 2.28. The van der Waals surface area contributed by atoms with Crippen LogP contribution in [0.15, 0.2) is 42.5 Å². The number of carbonyl (C=O) groups excluding carboxylic acids is 1. The summed E-state index contributed by atoms with van der Waals surface area (Å²) >= 11 is 0. The van der Waals surface area contributed by atoms with Crippen LogP contribution in [-0.4, -0.2) is 39.2 Å². The summed E-state index contributed by atoms with van der Waals surface area (Å²) in [6, 6.07) is 11.0. The van der Waals surface area contributed by atoms with Crippen molar-refractivity contribution in [1.29, 1.82) is 0 Å². The van der Waals surface area contributed by atoms with Crippen LogP contribution in [-0.2, 0) is 21.2 Å². The van der Waals surface area contributed by atoms with E-state index in [1.807, 2.05) is 31.2 Å². The predicted octanol–water partition coefficient (Wildman–Crippen LogP) is 2.81. The average Bonchev–Trinajstić information content (AvgIpc) is 2.70. The maximum atomic E-state index is 12.6. The minimum atomic E-state index is -3.93. The number of nitrogens with one attached hydrogen (secondary N) is 1. The molecule has 9 nitrogen and oxygen atoms in total. The van der Waals surface area contributed by atoms with Crippen molar-refractivity contribution in [3.05, 3.63) is 63.7 Å². The molecule has 1 atom stereocenters. The topological polar surface area (TPSA) is 119 Å². The molecule has 10 heteroatoms. The van der Waals surface area contributed by atoms with E-state index in [1.54, 1.807) is 6.92 Å². The van der Waals surface area contributed by atoms with E-state index in [1.165, 1.54) is 24.8 Å². The Bertz CT molecular complexity index is 1020. The van der Waals surface area contributed by atoms with Crippen molar-refractivity contribution in [1.82, 2.24) is 5.32 Å². The maximum Gasteiger partial charge on any atom is 0.271 e. The van der Waals surface area contributed by atoms with Crippen LogP contribution in [0.3, 0.4) is 0 Å². The number of nitro groups is 1. The molecule has 0 aliphatic heterocycles. The number of hydrogen-bond donors (Lipinski definition) is 1. The highest BCUT2D eigenvalue weighted by atomic mass is 32.2. The average molecular weight is 436 g/mol. The second-order valence-electron chi connectivity index (χ2n) is 6.77. The first-order valence-electron chi connectivity index (χ1n) is 9.25. The van der Waals surface area contributed by atoms with E-state index in [-0.39, 0.29) is 23.2 Å². The zero-order valence-electron chi connectivity index (χ0n) is 17.3. The molecule has 30 heavy (non-hydrogen) atoms. The molecule has 1 amide bonds. The normalized spacial score (nSPS) is 12.1. The summed E-state index contributed by atoms with van der Waals surface area (Å²) in [7, 11) is -2.61. The summed E-state index contributed by atoms with van der Waals surface area (Å²) in [6.45, 7) is 3.29. The molecule has 1 N–H and O–H groups in total. The lowest BCUT2D eigenvalue weighted by molar-refractivity contribution is -0.384. The van der Waals surface area contributed by atoms with Crippen molar-refractivity contribution in [2.45, 2.75) is 26.3 Å². The fraction of sp³-hybridized carbons (Fsp3) is 0.350. The third-order valence-corrected chi connectivity index (χ3v) is 5.72. The number of carbonyl (C=O) groups is 1. The lowest BCUT2D eigenvalue weighted by atomic mass is 10.1. The van der Waals surface area contributed by atoms with Gasteiger partial charge in [-0.25, -0.2) is 8.42 Å². The number of benzene rings is 2. The van der Waals surface area contributed by atoms with Crippen LogP contribution in [0.5, 0.6) is 5.75 Å². The van der Waals surface area contributed by atoms with E-state index in [0.29, 0.717) is 0 Å². The van der Waals surface area contributed by atoms with Gasteiger partial charge in [-0.15, -0.1) is 0 Å². The number of rotatable bonds is 9. The predicted molar refractivity (Wildman–Crippen MR) is 114 cm³/mol. The van der Waals surface area contributed by atoms with Gasteiger partial charge in [0, 0.05) is 12.1 Å². The van der Waals surface area contributed by atoms with Crippen molar-refractivity contribution in [2.24, 2.45) is 0 Å². The molecule has 0 aliphatic rings. The molecule has 0 heterocycles. The van der Waals surface area contributed by atoms with Gasteiger partial charge in [-0.2, -0.15) is 0 Å². The molecular formula is C20H25N3O6S. The minimum Gasteiger partial charge on any atom is -0.495 e. The molecule has 0 radical (unpaired) electrons. The van der Waals surface area contributed by atoms with Gasteiger partial charge in [0.05, 0.1) is 24.3 Å². The fourth-order valence-electron chi connectivity index (χ4n) is 2.91. The molecule has 2 aromatic carbocycles. The number of nitro benzene ring substituents is 1. The van der Waals surface area contributed by atoms with Gasteiger partial charge in [-0.3, -0.25) is 19.2 Å². The third-order valence-electron chi connectivity index (χ3n) is 4.59. The molecular weight excluding hydrogens is 410 g/mol. The van der Waals surface area contributed by atoms with E-state index in [9.17, 15) is 23.3 Å².